The van der Waals surface area contributed by atoms with Gasteiger partial charge in [0.15, 0.2) is 0 Å². The molecule has 120 valence electrons. The Labute approximate surface area is 136 Å². The summed E-state index contributed by atoms with van der Waals surface area (Å²) >= 11 is 0. The molecule has 2 N–H and O–H groups in total. The maximum Gasteiger partial charge on any atom is 0.251 e. The molecule has 0 aliphatic heterocycles. The molecule has 0 spiro atoms. The van der Waals surface area contributed by atoms with E-state index in [1.807, 2.05) is 26.0 Å². The van der Waals surface area contributed by atoms with Crippen LogP contribution in [0.4, 0.5) is 0 Å². The van der Waals surface area contributed by atoms with Crippen LogP contribution in [0.5, 0.6) is 0 Å². The Morgan fingerprint density at radius 3 is 2.30 bits per heavy atom. The molecule has 0 aliphatic rings. The van der Waals surface area contributed by atoms with Crippen LogP contribution in [0.2, 0.25) is 0 Å². The molecule has 2 rings (SSSR count). The van der Waals surface area contributed by atoms with Crippen LogP contribution in [0.25, 0.3) is 0 Å². The molecule has 0 aliphatic carbocycles. The molecule has 0 radical (unpaired) electrons. The molecule has 1 heterocycles. The monoisotopic (exact) mass is 311 g/mol. The first-order valence-corrected chi connectivity index (χ1v) is 7.68. The van der Waals surface area contributed by atoms with E-state index in [1.165, 1.54) is 0 Å². The topological polar surface area (TPSA) is 71.1 Å². The summed E-state index contributed by atoms with van der Waals surface area (Å²) < 4.78 is 0. The highest BCUT2D eigenvalue weighted by Crippen LogP contribution is 2.06. The van der Waals surface area contributed by atoms with Crippen molar-refractivity contribution in [2.45, 2.75) is 32.9 Å². The van der Waals surface area contributed by atoms with Crippen molar-refractivity contribution < 1.29 is 9.59 Å². The van der Waals surface area contributed by atoms with E-state index in [9.17, 15) is 9.59 Å². The Morgan fingerprint density at radius 1 is 1.09 bits per heavy atom. The molecule has 1 aromatic heterocycles. The van der Waals surface area contributed by atoms with Gasteiger partial charge in [-0.15, -0.1) is 0 Å². The van der Waals surface area contributed by atoms with E-state index in [0.29, 0.717) is 17.7 Å². The van der Waals surface area contributed by atoms with Crippen LogP contribution in [0.15, 0.2) is 48.8 Å². The first kappa shape index (κ1) is 16.7. The van der Waals surface area contributed by atoms with E-state index >= 15 is 0 Å². The fraction of sp³-hybridized carbons (Fsp3) is 0.278. The minimum atomic E-state index is -0.178. The molecule has 2 aromatic rings. The zero-order valence-electron chi connectivity index (χ0n) is 13.4. The lowest BCUT2D eigenvalue weighted by molar-refractivity contribution is 0.0931. The molecule has 0 saturated carbocycles. The Kier molecular flexibility index (Phi) is 5.86. The summed E-state index contributed by atoms with van der Waals surface area (Å²) in [5, 5.41) is 5.72. The second-order valence-corrected chi connectivity index (χ2v) is 5.40. The van der Waals surface area contributed by atoms with Crippen molar-refractivity contribution in [1.82, 2.24) is 15.6 Å². The predicted molar refractivity (Wildman–Crippen MR) is 89.1 cm³/mol. The van der Waals surface area contributed by atoms with Crippen molar-refractivity contribution in [2.24, 2.45) is 0 Å². The number of benzene rings is 1. The van der Waals surface area contributed by atoms with E-state index in [1.54, 1.807) is 36.7 Å². The summed E-state index contributed by atoms with van der Waals surface area (Å²) in [5.74, 6) is -0.301. The summed E-state index contributed by atoms with van der Waals surface area (Å²) in [4.78, 5) is 28.1. The second-order valence-electron chi connectivity index (χ2n) is 5.40. The zero-order valence-corrected chi connectivity index (χ0v) is 13.4. The summed E-state index contributed by atoms with van der Waals surface area (Å²) in [5.41, 5.74) is 2.01. The first-order chi connectivity index (χ1) is 11.1. The Hall–Kier alpha value is -2.69. The molecular formula is C18H21N3O2. The quantitative estimate of drug-likeness (QED) is 0.861. The number of hydrogen-bond acceptors (Lipinski definition) is 3. The maximum absolute atomic E-state index is 12.1. The largest absolute Gasteiger partial charge is 0.350 e. The molecule has 2 amide bonds. The van der Waals surface area contributed by atoms with Crippen LogP contribution in [-0.4, -0.2) is 22.8 Å². The third-order valence-corrected chi connectivity index (χ3v) is 3.58. The Bertz CT molecular complexity index is 654. The summed E-state index contributed by atoms with van der Waals surface area (Å²) in [6.45, 7) is 4.39. The lowest BCUT2D eigenvalue weighted by Gasteiger charge is -2.11. The number of hydrogen-bond donors (Lipinski definition) is 2. The highest BCUT2D eigenvalue weighted by atomic mass is 16.2. The molecule has 5 nitrogen and oxygen atoms in total. The van der Waals surface area contributed by atoms with Gasteiger partial charge in [0.05, 0.1) is 0 Å². The number of carbonyl (C=O) groups excluding carboxylic acids is 2. The number of nitrogens with zero attached hydrogens (tertiary/aromatic N) is 1. The van der Waals surface area contributed by atoms with Crippen LogP contribution in [0, 0.1) is 0 Å². The molecule has 0 fully saturated rings. The van der Waals surface area contributed by atoms with Gasteiger partial charge in [0.1, 0.15) is 0 Å². The van der Waals surface area contributed by atoms with E-state index in [0.717, 1.165) is 12.0 Å². The molecule has 1 aromatic carbocycles. The highest BCUT2D eigenvalue weighted by Gasteiger charge is 2.10. The average Bonchev–Trinajstić information content (AvgIpc) is 2.60. The molecule has 5 heteroatoms. The third-order valence-electron chi connectivity index (χ3n) is 3.58. The van der Waals surface area contributed by atoms with Gasteiger partial charge in [0.2, 0.25) is 0 Å². The number of amides is 2. The number of pyridine rings is 1. The summed E-state index contributed by atoms with van der Waals surface area (Å²) in [7, 11) is 0. The van der Waals surface area contributed by atoms with Crippen molar-refractivity contribution in [3.8, 4) is 0 Å². The van der Waals surface area contributed by atoms with Crippen LogP contribution in [-0.2, 0) is 6.54 Å². The average molecular weight is 311 g/mol. The minimum Gasteiger partial charge on any atom is -0.350 e. The van der Waals surface area contributed by atoms with Gasteiger partial charge in [-0.2, -0.15) is 0 Å². The molecular weight excluding hydrogens is 290 g/mol. The van der Waals surface area contributed by atoms with Gasteiger partial charge in [-0.3, -0.25) is 14.6 Å². The van der Waals surface area contributed by atoms with E-state index in [4.69, 9.17) is 0 Å². The number of aromatic nitrogens is 1. The zero-order chi connectivity index (χ0) is 16.7. The Balaban J connectivity index is 1.93. The van der Waals surface area contributed by atoms with Crippen molar-refractivity contribution in [3.05, 3.63) is 65.5 Å². The molecule has 0 bridgehead atoms. The molecule has 1 unspecified atom stereocenters. The van der Waals surface area contributed by atoms with Gasteiger partial charge in [-0.05, 0) is 49.2 Å². The van der Waals surface area contributed by atoms with Crippen LogP contribution in [0.3, 0.4) is 0 Å². The number of carbonyl (C=O) groups is 2. The smallest absolute Gasteiger partial charge is 0.251 e. The van der Waals surface area contributed by atoms with E-state index in [2.05, 4.69) is 15.6 Å². The third kappa shape index (κ3) is 4.92. The van der Waals surface area contributed by atoms with Crippen molar-refractivity contribution in [3.63, 3.8) is 0 Å². The van der Waals surface area contributed by atoms with E-state index < -0.39 is 0 Å². The number of rotatable bonds is 6. The lowest BCUT2D eigenvalue weighted by Crippen LogP contribution is -2.32. The SMILES string of the molecule is CCC(C)NC(=O)c1ccc(C(=O)NCc2cccnc2)cc1. The molecule has 1 atom stereocenters. The lowest BCUT2D eigenvalue weighted by atomic mass is 10.1. The minimum absolute atomic E-state index is 0.123. The van der Waals surface area contributed by atoms with Crippen molar-refractivity contribution in [1.29, 1.82) is 0 Å². The van der Waals surface area contributed by atoms with Gasteiger partial charge in [-0.25, -0.2) is 0 Å². The van der Waals surface area contributed by atoms with E-state index in [-0.39, 0.29) is 17.9 Å². The van der Waals surface area contributed by atoms with Gasteiger partial charge >= 0.3 is 0 Å². The normalized spacial score (nSPS) is 11.6. The van der Waals surface area contributed by atoms with Crippen LogP contribution >= 0.6 is 0 Å². The fourth-order valence-corrected chi connectivity index (χ4v) is 1.97. The highest BCUT2D eigenvalue weighted by molar-refractivity contribution is 5.97. The summed E-state index contributed by atoms with van der Waals surface area (Å²) in [6, 6.07) is 10.5. The van der Waals surface area contributed by atoms with Crippen molar-refractivity contribution >= 4 is 11.8 Å². The van der Waals surface area contributed by atoms with Crippen molar-refractivity contribution in [2.75, 3.05) is 0 Å². The van der Waals surface area contributed by atoms with Crippen LogP contribution in [0.1, 0.15) is 46.5 Å². The molecule has 23 heavy (non-hydrogen) atoms. The second kappa shape index (κ2) is 8.08. The van der Waals surface area contributed by atoms with Crippen LogP contribution < -0.4 is 10.6 Å². The van der Waals surface area contributed by atoms with Gasteiger partial charge in [0, 0.05) is 36.1 Å². The predicted octanol–water partition coefficient (Wildman–Crippen LogP) is 2.54. The maximum atomic E-state index is 12.1. The number of nitrogens with one attached hydrogen (secondary N) is 2. The van der Waals surface area contributed by atoms with Gasteiger partial charge in [-0.1, -0.05) is 13.0 Å². The summed E-state index contributed by atoms with van der Waals surface area (Å²) in [6.07, 6.45) is 4.28. The molecule has 0 saturated heterocycles. The van der Waals surface area contributed by atoms with Gasteiger partial charge in [0.25, 0.3) is 11.8 Å². The fourth-order valence-electron chi connectivity index (χ4n) is 1.97. The Morgan fingerprint density at radius 2 is 1.74 bits per heavy atom. The standard InChI is InChI=1S/C18H21N3O2/c1-3-13(2)21-18(23)16-8-6-15(7-9-16)17(22)20-12-14-5-4-10-19-11-14/h4-11,13H,3,12H2,1-2H3,(H,20,22)(H,21,23). The first-order valence-electron chi connectivity index (χ1n) is 7.68. The van der Waals surface area contributed by atoms with Gasteiger partial charge < -0.3 is 10.6 Å².